The first kappa shape index (κ1) is 17.1. The van der Waals surface area contributed by atoms with E-state index in [1.165, 1.54) is 0 Å². The van der Waals surface area contributed by atoms with Gasteiger partial charge in [0.15, 0.2) is 0 Å². The second-order valence-corrected chi connectivity index (χ2v) is 6.39. The van der Waals surface area contributed by atoms with E-state index in [1.54, 1.807) is 6.07 Å². The maximum Gasteiger partial charge on any atom is 0.274 e. The molecule has 0 amide bonds. The lowest BCUT2D eigenvalue weighted by Gasteiger charge is -2.28. The van der Waals surface area contributed by atoms with E-state index in [9.17, 15) is 10.1 Å². The van der Waals surface area contributed by atoms with Crippen molar-refractivity contribution in [1.29, 1.82) is 0 Å². The monoisotopic (exact) mass is 342 g/mol. The molecule has 0 heterocycles. The number of rotatable bonds is 7. The highest BCUT2D eigenvalue weighted by molar-refractivity contribution is 9.10. The molecule has 0 radical (unpaired) electrons. The van der Waals surface area contributed by atoms with E-state index >= 15 is 0 Å². The second kappa shape index (κ2) is 7.74. The van der Waals surface area contributed by atoms with Crippen molar-refractivity contribution in [1.82, 2.24) is 5.32 Å². The molecule has 1 rings (SSSR count). The van der Waals surface area contributed by atoms with Crippen LogP contribution in [0, 0.1) is 16.0 Å². The lowest BCUT2D eigenvalue weighted by atomic mass is 9.82. The maximum absolute atomic E-state index is 11.3. The van der Waals surface area contributed by atoms with Gasteiger partial charge in [-0.15, -0.1) is 0 Å². The summed E-state index contributed by atoms with van der Waals surface area (Å²) >= 11 is 3.31. The Bertz CT molecular complexity index is 463. The third-order valence-electron chi connectivity index (χ3n) is 3.52. The predicted octanol–water partition coefficient (Wildman–Crippen LogP) is 4.49. The van der Waals surface area contributed by atoms with E-state index in [-0.39, 0.29) is 22.6 Å². The van der Waals surface area contributed by atoms with Crippen molar-refractivity contribution in [2.75, 3.05) is 6.54 Å². The van der Waals surface area contributed by atoms with Crippen LogP contribution in [0.25, 0.3) is 0 Å². The zero-order valence-corrected chi connectivity index (χ0v) is 14.1. The Morgan fingerprint density at radius 2 is 2.00 bits per heavy atom. The van der Waals surface area contributed by atoms with Gasteiger partial charge in [0, 0.05) is 28.1 Å². The molecule has 112 valence electrons. The number of hydrogen-bond donors (Lipinski definition) is 1. The van der Waals surface area contributed by atoms with Crippen LogP contribution in [0.1, 0.15) is 45.6 Å². The lowest BCUT2D eigenvalue weighted by Crippen LogP contribution is -2.35. The van der Waals surface area contributed by atoms with Gasteiger partial charge in [-0.05, 0) is 31.9 Å². The van der Waals surface area contributed by atoms with Crippen LogP contribution in [-0.2, 0) is 0 Å². The van der Waals surface area contributed by atoms with E-state index in [0.29, 0.717) is 5.92 Å². The van der Waals surface area contributed by atoms with Gasteiger partial charge >= 0.3 is 0 Å². The number of nitro groups is 1. The van der Waals surface area contributed by atoms with Crippen LogP contribution in [0.15, 0.2) is 22.7 Å². The highest BCUT2D eigenvalue weighted by Gasteiger charge is 2.29. The lowest BCUT2D eigenvalue weighted by molar-refractivity contribution is -0.385. The number of benzene rings is 1. The van der Waals surface area contributed by atoms with Crippen molar-refractivity contribution in [2.24, 2.45) is 5.92 Å². The fourth-order valence-corrected chi connectivity index (χ4v) is 3.01. The van der Waals surface area contributed by atoms with Gasteiger partial charge in [0.25, 0.3) is 5.69 Å². The van der Waals surface area contributed by atoms with Gasteiger partial charge in [-0.2, -0.15) is 0 Å². The maximum atomic E-state index is 11.3. The van der Waals surface area contributed by atoms with Crippen LogP contribution < -0.4 is 5.32 Å². The number of nitrogens with one attached hydrogen (secondary N) is 1. The average molecular weight is 343 g/mol. The van der Waals surface area contributed by atoms with E-state index in [0.717, 1.165) is 23.0 Å². The van der Waals surface area contributed by atoms with Gasteiger partial charge in [0.2, 0.25) is 0 Å². The Hall–Kier alpha value is -0.940. The average Bonchev–Trinajstić information content (AvgIpc) is 2.37. The number of nitrogens with zero attached hydrogens (tertiary/aromatic N) is 1. The Morgan fingerprint density at radius 1 is 1.35 bits per heavy atom. The molecule has 1 aromatic carbocycles. The zero-order valence-electron chi connectivity index (χ0n) is 12.5. The van der Waals surface area contributed by atoms with Crippen molar-refractivity contribution in [3.05, 3.63) is 38.3 Å². The Morgan fingerprint density at radius 3 is 2.50 bits per heavy atom. The second-order valence-electron chi connectivity index (χ2n) is 5.47. The minimum Gasteiger partial charge on any atom is -0.314 e. The van der Waals surface area contributed by atoms with E-state index in [2.05, 4.69) is 48.9 Å². The van der Waals surface area contributed by atoms with Crippen LogP contribution in [0.4, 0.5) is 5.69 Å². The fourth-order valence-electron chi connectivity index (χ4n) is 2.66. The molecular formula is C15H23BrN2O2. The van der Waals surface area contributed by atoms with Crippen molar-refractivity contribution in [2.45, 2.75) is 46.1 Å². The summed E-state index contributed by atoms with van der Waals surface area (Å²) in [5.41, 5.74) is 1.01. The summed E-state index contributed by atoms with van der Waals surface area (Å²) in [5, 5.41) is 14.8. The highest BCUT2D eigenvalue weighted by Crippen LogP contribution is 2.36. The first-order valence-corrected chi connectivity index (χ1v) is 7.85. The van der Waals surface area contributed by atoms with Crippen molar-refractivity contribution >= 4 is 21.6 Å². The minimum absolute atomic E-state index is 0.120. The SMILES string of the molecule is CCCNC(C)C(c1ccc(Br)cc1[N+](=O)[O-])C(C)C. The molecule has 0 aliphatic carbocycles. The summed E-state index contributed by atoms with van der Waals surface area (Å²) in [4.78, 5) is 11.0. The Balaban J connectivity index is 3.18. The largest absolute Gasteiger partial charge is 0.314 e. The molecular weight excluding hydrogens is 320 g/mol. The van der Waals surface area contributed by atoms with E-state index < -0.39 is 0 Å². The molecule has 0 aliphatic rings. The zero-order chi connectivity index (χ0) is 15.3. The van der Waals surface area contributed by atoms with Crippen molar-refractivity contribution in [3.8, 4) is 0 Å². The fraction of sp³-hybridized carbons (Fsp3) is 0.600. The first-order chi connectivity index (χ1) is 9.38. The van der Waals surface area contributed by atoms with Gasteiger partial charge in [-0.25, -0.2) is 0 Å². The smallest absolute Gasteiger partial charge is 0.274 e. The molecule has 0 spiro atoms. The van der Waals surface area contributed by atoms with Gasteiger partial charge in [-0.3, -0.25) is 10.1 Å². The third-order valence-corrected chi connectivity index (χ3v) is 4.01. The molecule has 1 aromatic rings. The van der Waals surface area contributed by atoms with Crippen LogP contribution in [0.2, 0.25) is 0 Å². The summed E-state index contributed by atoms with van der Waals surface area (Å²) in [6.07, 6.45) is 1.05. The predicted molar refractivity (Wildman–Crippen MR) is 86.1 cm³/mol. The molecule has 0 fully saturated rings. The molecule has 0 saturated carbocycles. The summed E-state index contributed by atoms with van der Waals surface area (Å²) in [5.74, 6) is 0.448. The van der Waals surface area contributed by atoms with Crippen LogP contribution in [0.3, 0.4) is 0 Å². The molecule has 0 saturated heterocycles. The topological polar surface area (TPSA) is 55.2 Å². The van der Waals surface area contributed by atoms with Crippen molar-refractivity contribution in [3.63, 3.8) is 0 Å². The summed E-state index contributed by atoms with van der Waals surface area (Å²) in [6, 6.07) is 5.55. The normalized spacial score (nSPS) is 14.3. The van der Waals surface area contributed by atoms with Gasteiger partial charge in [0.1, 0.15) is 0 Å². The molecule has 2 atom stereocenters. The summed E-state index contributed by atoms with van der Waals surface area (Å²) in [6.45, 7) is 9.37. The molecule has 0 aliphatic heterocycles. The van der Waals surface area contributed by atoms with Crippen LogP contribution >= 0.6 is 15.9 Å². The minimum atomic E-state index is -0.290. The number of halogens is 1. The molecule has 2 unspecified atom stereocenters. The van der Waals surface area contributed by atoms with Crippen LogP contribution in [-0.4, -0.2) is 17.5 Å². The summed E-state index contributed by atoms with van der Waals surface area (Å²) < 4.78 is 0.740. The van der Waals surface area contributed by atoms with Gasteiger partial charge in [-0.1, -0.05) is 42.8 Å². The van der Waals surface area contributed by atoms with E-state index in [4.69, 9.17) is 0 Å². The van der Waals surface area contributed by atoms with Crippen molar-refractivity contribution < 1.29 is 4.92 Å². The molecule has 0 aromatic heterocycles. The van der Waals surface area contributed by atoms with Gasteiger partial charge in [0.05, 0.1) is 4.92 Å². The molecule has 0 bridgehead atoms. The molecule has 20 heavy (non-hydrogen) atoms. The van der Waals surface area contributed by atoms with E-state index in [1.807, 2.05) is 12.1 Å². The molecule has 4 nitrogen and oxygen atoms in total. The first-order valence-electron chi connectivity index (χ1n) is 7.05. The van der Waals surface area contributed by atoms with Gasteiger partial charge < -0.3 is 5.32 Å². The molecule has 1 N–H and O–H groups in total. The Labute approximate surface area is 129 Å². The quantitative estimate of drug-likeness (QED) is 0.586. The number of hydrogen-bond acceptors (Lipinski definition) is 3. The Kier molecular flexibility index (Phi) is 6.62. The van der Waals surface area contributed by atoms with Crippen LogP contribution in [0.5, 0.6) is 0 Å². The highest BCUT2D eigenvalue weighted by atomic mass is 79.9. The molecule has 5 heteroatoms. The standard InChI is InChI=1S/C15H23BrN2O2/c1-5-8-17-11(4)15(10(2)3)13-7-6-12(16)9-14(13)18(19)20/h6-7,9-11,15,17H,5,8H2,1-4H3. The summed E-state index contributed by atoms with van der Waals surface area (Å²) in [7, 11) is 0. The number of nitro benzene ring substituents is 1. The third kappa shape index (κ3) is 4.28.